The Balaban J connectivity index is 1.01. The van der Waals surface area contributed by atoms with Crippen LogP contribution in [-0.2, 0) is 0 Å². The fraction of sp³-hybridized carbons (Fsp3) is 0. The smallest absolute Gasteiger partial charge is 0.00201 e. The highest BCUT2D eigenvalue weighted by atomic mass is 14.3. The Hall–Kier alpha value is -7.02. The van der Waals surface area contributed by atoms with Crippen LogP contribution in [0.15, 0.2) is 194 Å². The van der Waals surface area contributed by atoms with E-state index < -0.39 is 0 Å². The van der Waals surface area contributed by atoms with Crippen LogP contribution in [0.1, 0.15) is 0 Å². The van der Waals surface area contributed by atoms with Crippen molar-refractivity contribution in [1.29, 1.82) is 0 Å². The van der Waals surface area contributed by atoms with Gasteiger partial charge in [0.25, 0.3) is 0 Å². The molecule has 11 aromatic carbocycles. The van der Waals surface area contributed by atoms with Crippen LogP contribution >= 0.6 is 0 Å². The second-order valence-corrected chi connectivity index (χ2v) is 14.8. The maximum Gasteiger partial charge on any atom is -0.00201 e. The molecular weight excluding hydrogens is 649 g/mol. The van der Waals surface area contributed by atoms with Gasteiger partial charge < -0.3 is 0 Å². The lowest BCUT2D eigenvalue weighted by atomic mass is 9.87. The first kappa shape index (κ1) is 29.5. The Morgan fingerprint density at radius 2 is 0.722 bits per heavy atom. The van der Waals surface area contributed by atoms with Gasteiger partial charge in [0.05, 0.1) is 0 Å². The second-order valence-electron chi connectivity index (χ2n) is 14.8. The van der Waals surface area contributed by atoms with E-state index in [2.05, 4.69) is 194 Å². The van der Waals surface area contributed by atoms with Crippen LogP contribution < -0.4 is 0 Å². The van der Waals surface area contributed by atoms with Gasteiger partial charge in [-0.2, -0.15) is 0 Å². The lowest BCUT2D eigenvalue weighted by Gasteiger charge is -2.16. The molecule has 0 heterocycles. The molecule has 248 valence electrons. The first-order chi connectivity index (χ1) is 26.8. The molecule has 0 spiro atoms. The minimum atomic E-state index is 1.22. The van der Waals surface area contributed by atoms with Crippen LogP contribution in [0, 0.1) is 0 Å². The molecule has 1 aliphatic rings. The lowest BCUT2D eigenvalue weighted by molar-refractivity contribution is 1.65. The van der Waals surface area contributed by atoms with E-state index in [-0.39, 0.29) is 0 Å². The van der Waals surface area contributed by atoms with Crippen LogP contribution in [0.3, 0.4) is 0 Å². The molecule has 0 aromatic heterocycles. The zero-order valence-electron chi connectivity index (χ0n) is 29.5. The summed E-state index contributed by atoms with van der Waals surface area (Å²) in [4.78, 5) is 0. The van der Waals surface area contributed by atoms with Crippen molar-refractivity contribution < 1.29 is 0 Å². The van der Waals surface area contributed by atoms with Gasteiger partial charge in [-0.3, -0.25) is 0 Å². The Morgan fingerprint density at radius 1 is 0.185 bits per heavy atom. The quantitative estimate of drug-likeness (QED) is 0.163. The Labute approximate surface area is 313 Å². The zero-order chi connectivity index (χ0) is 35.3. The maximum atomic E-state index is 2.41. The van der Waals surface area contributed by atoms with Crippen molar-refractivity contribution in [3.63, 3.8) is 0 Å². The third-order valence-electron chi connectivity index (χ3n) is 11.9. The molecule has 0 radical (unpaired) electrons. The molecular formula is C54H32. The summed E-state index contributed by atoms with van der Waals surface area (Å²) in [5.74, 6) is 0. The molecule has 54 heavy (non-hydrogen) atoms. The van der Waals surface area contributed by atoms with Crippen molar-refractivity contribution >= 4 is 64.6 Å². The van der Waals surface area contributed by atoms with Crippen LogP contribution in [0.25, 0.3) is 120 Å². The fourth-order valence-corrected chi connectivity index (χ4v) is 9.45. The average molecular weight is 681 g/mol. The predicted octanol–water partition coefficient (Wildman–Crippen LogP) is 15.3. The van der Waals surface area contributed by atoms with Gasteiger partial charge >= 0.3 is 0 Å². The highest BCUT2D eigenvalue weighted by Crippen LogP contribution is 2.49. The molecule has 12 rings (SSSR count). The SMILES string of the molecule is c1ccc2c(c1)-c1cccc3c(-c4ccc5cc(-c6cc(-c7cc8ccc9ccccc9c8c8ccccc78)c7ccccc7c6)ccc5c4)ccc-2c13. The Kier molecular flexibility index (Phi) is 6.15. The summed E-state index contributed by atoms with van der Waals surface area (Å²) in [7, 11) is 0. The highest BCUT2D eigenvalue weighted by molar-refractivity contribution is 6.24. The van der Waals surface area contributed by atoms with E-state index in [1.807, 2.05) is 0 Å². The largest absolute Gasteiger partial charge is 0.0616 e. The Bertz CT molecular complexity index is 3350. The summed E-state index contributed by atoms with van der Waals surface area (Å²) in [6.45, 7) is 0. The molecule has 0 nitrogen and oxygen atoms in total. The van der Waals surface area contributed by atoms with Gasteiger partial charge in [0, 0.05) is 0 Å². The molecule has 0 amide bonds. The van der Waals surface area contributed by atoms with Gasteiger partial charge in [0.2, 0.25) is 0 Å². The molecule has 0 aliphatic heterocycles. The summed E-state index contributed by atoms with van der Waals surface area (Å²) in [6, 6.07) is 72.4. The van der Waals surface area contributed by atoms with E-state index in [0.717, 1.165) is 0 Å². The predicted molar refractivity (Wildman–Crippen MR) is 232 cm³/mol. The van der Waals surface area contributed by atoms with Crippen molar-refractivity contribution in [1.82, 2.24) is 0 Å². The summed E-state index contributed by atoms with van der Waals surface area (Å²) >= 11 is 0. The standard InChI is InChI=1S/C54H32/c1-4-13-43-33(10-1)20-25-39-31-52(46-16-7-8-17-48(46)53(39)43)51-32-40(30-37-11-2-3-12-41(37)51)36-22-21-35-29-38(24-23-34(35)28-36)42-26-27-50-45-15-6-5-14-44(45)49-19-9-18-47(42)54(49)50/h1-32H. The fourth-order valence-electron chi connectivity index (χ4n) is 9.45. The number of rotatable bonds is 3. The van der Waals surface area contributed by atoms with Gasteiger partial charge in [-0.25, -0.2) is 0 Å². The molecule has 11 aromatic rings. The first-order valence-electron chi connectivity index (χ1n) is 18.8. The molecule has 0 atom stereocenters. The molecule has 1 aliphatic carbocycles. The van der Waals surface area contributed by atoms with Gasteiger partial charge in [-0.1, -0.05) is 164 Å². The van der Waals surface area contributed by atoms with Crippen LogP contribution in [0.5, 0.6) is 0 Å². The maximum absolute atomic E-state index is 2.41. The topological polar surface area (TPSA) is 0 Å². The van der Waals surface area contributed by atoms with Crippen LogP contribution in [-0.4, -0.2) is 0 Å². The van der Waals surface area contributed by atoms with E-state index in [4.69, 9.17) is 0 Å². The molecule has 0 saturated carbocycles. The second kappa shape index (κ2) is 11.2. The normalized spacial score (nSPS) is 12.1. The van der Waals surface area contributed by atoms with Crippen molar-refractivity contribution in [2.24, 2.45) is 0 Å². The van der Waals surface area contributed by atoms with Crippen molar-refractivity contribution in [3.05, 3.63) is 194 Å². The number of fused-ring (bicyclic) bond motifs is 10. The summed E-state index contributed by atoms with van der Waals surface area (Å²) in [5, 5.41) is 15.4. The average Bonchev–Trinajstić information content (AvgIpc) is 3.57. The third kappa shape index (κ3) is 4.26. The summed E-state index contributed by atoms with van der Waals surface area (Å²) in [5.41, 5.74) is 12.9. The van der Waals surface area contributed by atoms with Crippen LogP contribution in [0.2, 0.25) is 0 Å². The molecule has 0 saturated heterocycles. The van der Waals surface area contributed by atoms with Crippen molar-refractivity contribution in [2.75, 3.05) is 0 Å². The van der Waals surface area contributed by atoms with E-state index in [0.29, 0.717) is 0 Å². The van der Waals surface area contributed by atoms with E-state index in [9.17, 15) is 0 Å². The first-order valence-corrected chi connectivity index (χ1v) is 18.8. The lowest BCUT2D eigenvalue weighted by Crippen LogP contribution is -1.89. The molecule has 0 heteroatoms. The van der Waals surface area contributed by atoms with E-state index >= 15 is 0 Å². The number of benzene rings is 11. The zero-order valence-corrected chi connectivity index (χ0v) is 29.5. The van der Waals surface area contributed by atoms with E-state index in [1.54, 1.807) is 0 Å². The van der Waals surface area contributed by atoms with Gasteiger partial charge in [0.15, 0.2) is 0 Å². The molecule has 0 fully saturated rings. The van der Waals surface area contributed by atoms with E-state index in [1.165, 1.54) is 120 Å². The minimum absolute atomic E-state index is 1.22. The number of hydrogen-bond acceptors (Lipinski definition) is 0. The van der Waals surface area contributed by atoms with Crippen molar-refractivity contribution in [3.8, 4) is 55.6 Å². The van der Waals surface area contributed by atoms with Gasteiger partial charge in [-0.05, 0) is 151 Å². The molecule has 0 unspecified atom stereocenters. The minimum Gasteiger partial charge on any atom is -0.0616 e. The summed E-state index contributed by atoms with van der Waals surface area (Å²) < 4.78 is 0. The molecule has 0 N–H and O–H groups in total. The van der Waals surface area contributed by atoms with Gasteiger partial charge in [-0.15, -0.1) is 0 Å². The third-order valence-corrected chi connectivity index (χ3v) is 11.9. The summed E-state index contributed by atoms with van der Waals surface area (Å²) in [6.07, 6.45) is 0. The monoisotopic (exact) mass is 680 g/mol. The molecule has 0 bridgehead atoms. The van der Waals surface area contributed by atoms with Crippen molar-refractivity contribution in [2.45, 2.75) is 0 Å². The van der Waals surface area contributed by atoms with Crippen LogP contribution in [0.4, 0.5) is 0 Å². The highest BCUT2D eigenvalue weighted by Gasteiger charge is 2.22. The van der Waals surface area contributed by atoms with Gasteiger partial charge in [0.1, 0.15) is 0 Å². The Morgan fingerprint density at radius 3 is 1.56 bits per heavy atom. The number of hydrogen-bond donors (Lipinski definition) is 0.